The van der Waals surface area contributed by atoms with Gasteiger partial charge < -0.3 is 20.1 Å². The second kappa shape index (κ2) is 7.70. The van der Waals surface area contributed by atoms with Crippen molar-refractivity contribution < 1.29 is 14.3 Å². The van der Waals surface area contributed by atoms with E-state index >= 15 is 0 Å². The first-order chi connectivity index (χ1) is 10.00. The Bertz CT molecular complexity index is 516. The lowest BCUT2D eigenvalue weighted by Gasteiger charge is -2.25. The summed E-state index contributed by atoms with van der Waals surface area (Å²) in [5, 5.41) is 6.33. The molecule has 1 aromatic carbocycles. The molecule has 1 aliphatic heterocycles. The lowest BCUT2D eigenvalue weighted by Crippen LogP contribution is -2.41. The van der Waals surface area contributed by atoms with Crippen LogP contribution in [0, 0.1) is 5.41 Å². The van der Waals surface area contributed by atoms with Gasteiger partial charge in [-0.1, -0.05) is 0 Å². The molecule has 2 atom stereocenters. The molecular weight excluding hydrogens is 304 g/mol. The minimum atomic E-state index is -0.333. The van der Waals surface area contributed by atoms with E-state index in [1.54, 1.807) is 14.2 Å². The molecular formula is C16H25ClN2O3. The summed E-state index contributed by atoms with van der Waals surface area (Å²) >= 11 is 0. The first-order valence-electron chi connectivity index (χ1n) is 7.24. The first kappa shape index (κ1) is 18.6. The molecule has 0 aliphatic carbocycles. The molecule has 0 saturated carbocycles. The highest BCUT2D eigenvalue weighted by atomic mass is 35.5. The predicted octanol–water partition coefficient (Wildman–Crippen LogP) is 2.30. The molecule has 1 fully saturated rings. The van der Waals surface area contributed by atoms with Gasteiger partial charge in [0.15, 0.2) is 0 Å². The topological polar surface area (TPSA) is 59.6 Å². The average molecular weight is 329 g/mol. The number of rotatable bonds is 5. The molecule has 1 heterocycles. The Morgan fingerprint density at radius 1 is 1.36 bits per heavy atom. The second-order valence-electron chi connectivity index (χ2n) is 5.79. The van der Waals surface area contributed by atoms with Crippen molar-refractivity contribution in [2.45, 2.75) is 26.3 Å². The lowest BCUT2D eigenvalue weighted by molar-refractivity contribution is -0.129. The van der Waals surface area contributed by atoms with Crippen molar-refractivity contribution in [3.8, 4) is 11.5 Å². The third kappa shape index (κ3) is 3.84. The van der Waals surface area contributed by atoms with Crippen molar-refractivity contribution >= 4 is 18.3 Å². The highest BCUT2D eigenvalue weighted by Crippen LogP contribution is 2.31. The van der Waals surface area contributed by atoms with Crippen LogP contribution in [0.3, 0.4) is 0 Å². The monoisotopic (exact) mass is 328 g/mol. The molecule has 2 unspecified atom stereocenters. The number of carbonyl (C=O) groups excluding carboxylic acids is 1. The molecule has 1 aromatic rings. The fourth-order valence-electron chi connectivity index (χ4n) is 2.64. The van der Waals surface area contributed by atoms with E-state index in [-0.39, 0.29) is 29.8 Å². The minimum absolute atomic E-state index is 0. The summed E-state index contributed by atoms with van der Waals surface area (Å²) in [7, 11) is 3.25. The zero-order valence-corrected chi connectivity index (χ0v) is 14.4. The zero-order valence-electron chi connectivity index (χ0n) is 13.6. The van der Waals surface area contributed by atoms with Crippen LogP contribution in [0.4, 0.5) is 0 Å². The predicted molar refractivity (Wildman–Crippen MR) is 88.9 cm³/mol. The molecule has 0 aromatic heterocycles. The fraction of sp³-hybridized carbons (Fsp3) is 0.562. The van der Waals surface area contributed by atoms with E-state index in [2.05, 4.69) is 10.6 Å². The van der Waals surface area contributed by atoms with Gasteiger partial charge in [-0.25, -0.2) is 0 Å². The van der Waals surface area contributed by atoms with Gasteiger partial charge in [-0.3, -0.25) is 4.79 Å². The van der Waals surface area contributed by atoms with Crippen LogP contribution in [0.2, 0.25) is 0 Å². The molecule has 2 rings (SSSR count). The number of methoxy groups -OCH3 is 2. The molecule has 6 heteroatoms. The van der Waals surface area contributed by atoms with Gasteiger partial charge in [-0.05, 0) is 45.0 Å². The summed E-state index contributed by atoms with van der Waals surface area (Å²) in [6, 6.07) is 5.47. The number of nitrogens with one attached hydrogen (secondary N) is 2. The van der Waals surface area contributed by atoms with Crippen molar-refractivity contribution in [1.29, 1.82) is 0 Å². The number of carbonyl (C=O) groups is 1. The molecule has 1 amide bonds. The van der Waals surface area contributed by atoms with E-state index in [1.807, 2.05) is 32.0 Å². The van der Waals surface area contributed by atoms with Crippen LogP contribution in [-0.2, 0) is 4.79 Å². The molecule has 5 nitrogen and oxygen atoms in total. The van der Waals surface area contributed by atoms with Crippen LogP contribution in [0.5, 0.6) is 11.5 Å². The van der Waals surface area contributed by atoms with Crippen LogP contribution in [0.25, 0.3) is 0 Å². The zero-order chi connectivity index (χ0) is 15.5. The lowest BCUT2D eigenvalue weighted by atomic mass is 9.88. The summed E-state index contributed by atoms with van der Waals surface area (Å²) in [5.74, 6) is 1.57. The van der Waals surface area contributed by atoms with Crippen LogP contribution in [0.15, 0.2) is 18.2 Å². The van der Waals surface area contributed by atoms with Gasteiger partial charge in [-0.2, -0.15) is 0 Å². The Morgan fingerprint density at radius 2 is 2.09 bits per heavy atom. The molecule has 0 bridgehead atoms. The molecule has 0 spiro atoms. The Hall–Kier alpha value is -1.46. The Labute approximate surface area is 138 Å². The number of hydrogen-bond acceptors (Lipinski definition) is 4. The van der Waals surface area contributed by atoms with Crippen LogP contribution >= 0.6 is 12.4 Å². The number of amides is 1. The smallest absolute Gasteiger partial charge is 0.227 e. The Balaban J connectivity index is 0.00000242. The number of hydrogen-bond donors (Lipinski definition) is 2. The minimum Gasteiger partial charge on any atom is -0.497 e. The summed E-state index contributed by atoms with van der Waals surface area (Å²) in [6.07, 6.45) is 0.862. The van der Waals surface area contributed by atoms with Crippen molar-refractivity contribution in [3.63, 3.8) is 0 Å². The van der Waals surface area contributed by atoms with Gasteiger partial charge in [0.25, 0.3) is 0 Å². The molecule has 22 heavy (non-hydrogen) atoms. The van der Waals surface area contributed by atoms with E-state index < -0.39 is 0 Å². The highest BCUT2D eigenvalue weighted by molar-refractivity contribution is 5.85. The highest BCUT2D eigenvalue weighted by Gasteiger charge is 2.37. The largest absolute Gasteiger partial charge is 0.497 e. The van der Waals surface area contributed by atoms with Crippen molar-refractivity contribution in [2.24, 2.45) is 5.41 Å². The van der Waals surface area contributed by atoms with Crippen molar-refractivity contribution in [1.82, 2.24) is 10.6 Å². The SMILES string of the molecule is COc1ccc(OC)c(C(C)NC(=O)C2(C)CCNC2)c1.Cl. The van der Waals surface area contributed by atoms with Crippen molar-refractivity contribution in [2.75, 3.05) is 27.3 Å². The molecule has 1 aliphatic rings. The molecule has 2 N–H and O–H groups in total. The summed E-state index contributed by atoms with van der Waals surface area (Å²) in [5.41, 5.74) is 0.583. The third-order valence-electron chi connectivity index (χ3n) is 4.17. The Kier molecular flexibility index (Phi) is 6.50. The Morgan fingerprint density at radius 3 is 2.64 bits per heavy atom. The average Bonchev–Trinajstić information content (AvgIpc) is 2.94. The second-order valence-corrected chi connectivity index (χ2v) is 5.79. The first-order valence-corrected chi connectivity index (χ1v) is 7.24. The van der Waals surface area contributed by atoms with Gasteiger partial charge >= 0.3 is 0 Å². The maximum Gasteiger partial charge on any atom is 0.227 e. The van der Waals surface area contributed by atoms with Gasteiger partial charge in [0.1, 0.15) is 11.5 Å². The van der Waals surface area contributed by atoms with Crippen LogP contribution in [0.1, 0.15) is 31.9 Å². The maximum absolute atomic E-state index is 12.5. The number of halogens is 1. The number of benzene rings is 1. The normalized spacial score (nSPS) is 21.6. The standard InChI is InChI=1S/C16H24N2O3.ClH/c1-11(18-15(19)16(2)7-8-17-10-16)13-9-12(20-3)5-6-14(13)21-4;/h5-6,9,11,17H,7-8,10H2,1-4H3,(H,18,19);1H. The maximum atomic E-state index is 12.5. The molecule has 124 valence electrons. The van der Waals surface area contributed by atoms with Crippen LogP contribution in [-0.4, -0.2) is 33.2 Å². The van der Waals surface area contributed by atoms with E-state index in [0.717, 1.165) is 36.6 Å². The molecule has 1 saturated heterocycles. The van der Waals surface area contributed by atoms with Crippen LogP contribution < -0.4 is 20.1 Å². The summed E-state index contributed by atoms with van der Waals surface area (Å²) < 4.78 is 10.6. The van der Waals surface area contributed by atoms with Gasteiger partial charge in [-0.15, -0.1) is 12.4 Å². The van der Waals surface area contributed by atoms with Gasteiger partial charge in [0.05, 0.1) is 25.7 Å². The van der Waals surface area contributed by atoms with Gasteiger partial charge in [0, 0.05) is 12.1 Å². The quantitative estimate of drug-likeness (QED) is 0.870. The molecule has 0 radical (unpaired) electrons. The van der Waals surface area contributed by atoms with E-state index in [0.29, 0.717) is 0 Å². The van der Waals surface area contributed by atoms with E-state index in [4.69, 9.17) is 9.47 Å². The summed E-state index contributed by atoms with van der Waals surface area (Å²) in [4.78, 5) is 12.5. The van der Waals surface area contributed by atoms with E-state index in [9.17, 15) is 4.79 Å². The van der Waals surface area contributed by atoms with E-state index in [1.165, 1.54) is 0 Å². The van der Waals surface area contributed by atoms with Crippen molar-refractivity contribution in [3.05, 3.63) is 23.8 Å². The fourth-order valence-corrected chi connectivity index (χ4v) is 2.64. The summed E-state index contributed by atoms with van der Waals surface area (Å²) in [6.45, 7) is 5.57. The van der Waals surface area contributed by atoms with Gasteiger partial charge in [0.2, 0.25) is 5.91 Å². The third-order valence-corrected chi connectivity index (χ3v) is 4.17. The number of ether oxygens (including phenoxy) is 2.